The van der Waals surface area contributed by atoms with E-state index in [1.807, 2.05) is 60.7 Å². The molecule has 0 saturated heterocycles. The highest BCUT2D eigenvalue weighted by atomic mass is 16.5. The van der Waals surface area contributed by atoms with Crippen LogP contribution < -0.4 is 10.1 Å². The molecule has 3 aromatic rings. The number of hydrogen-bond donors (Lipinski definition) is 2. The number of carboxylic acid groups (broad SMARTS) is 1. The van der Waals surface area contributed by atoms with Crippen LogP contribution in [0, 0.1) is 0 Å². The maximum atomic E-state index is 12.8. The highest BCUT2D eigenvalue weighted by Gasteiger charge is 2.20. The van der Waals surface area contributed by atoms with Gasteiger partial charge in [-0.1, -0.05) is 54.6 Å². The van der Waals surface area contributed by atoms with E-state index in [0.717, 1.165) is 27.9 Å². The summed E-state index contributed by atoms with van der Waals surface area (Å²) in [5.41, 5.74) is 4.50. The van der Waals surface area contributed by atoms with Gasteiger partial charge in [0.15, 0.2) is 6.10 Å². The van der Waals surface area contributed by atoms with Gasteiger partial charge in [0.25, 0.3) is 0 Å². The molecule has 36 heavy (non-hydrogen) atoms. The Bertz CT molecular complexity index is 1150. The molecule has 0 aliphatic heterocycles. The number of ether oxygens (including phenoxy) is 2. The summed E-state index contributed by atoms with van der Waals surface area (Å²) in [6, 6.07) is 23.1. The monoisotopic (exact) mass is 489 g/mol. The molecule has 0 aromatic heterocycles. The number of nitrogens with one attached hydrogen (secondary N) is 1. The second kappa shape index (κ2) is 12.4. The van der Waals surface area contributed by atoms with Crippen molar-refractivity contribution < 1.29 is 24.2 Å². The standard InChI is InChI=1S/C30H35NO5/c1-5-35-27(29(33)34)19-23-13-16-26(24(18-23)17-21-9-7-6-8-10-21)36-28(32)20-22-11-14-25(15-12-22)31-30(2,3)4/h6-16,18,27,31H,5,17,19-20H2,1-4H3,(H,33,34). The van der Waals surface area contributed by atoms with Crippen LogP contribution in [0.2, 0.25) is 0 Å². The van der Waals surface area contributed by atoms with Gasteiger partial charge in [-0.3, -0.25) is 4.79 Å². The van der Waals surface area contributed by atoms with Crippen LogP contribution in [-0.2, 0) is 33.6 Å². The van der Waals surface area contributed by atoms with E-state index in [1.165, 1.54) is 0 Å². The molecule has 3 rings (SSSR count). The molecule has 0 saturated carbocycles. The Morgan fingerprint density at radius 2 is 1.58 bits per heavy atom. The predicted octanol–water partition coefficient (Wildman–Crippen LogP) is 5.67. The summed E-state index contributed by atoms with van der Waals surface area (Å²) in [5, 5.41) is 12.9. The summed E-state index contributed by atoms with van der Waals surface area (Å²) in [4.78, 5) is 24.3. The number of aliphatic carboxylic acids is 1. The van der Waals surface area contributed by atoms with E-state index in [-0.39, 0.29) is 24.3 Å². The SMILES string of the molecule is CCOC(Cc1ccc(OC(=O)Cc2ccc(NC(C)(C)C)cc2)c(Cc2ccccc2)c1)C(=O)O. The molecule has 6 heteroatoms. The summed E-state index contributed by atoms with van der Waals surface area (Å²) in [6.45, 7) is 8.37. The molecule has 0 aliphatic rings. The molecule has 0 amide bonds. The number of rotatable bonds is 11. The zero-order valence-electron chi connectivity index (χ0n) is 21.4. The van der Waals surface area contributed by atoms with Gasteiger partial charge in [-0.15, -0.1) is 0 Å². The quantitative estimate of drug-likeness (QED) is 0.267. The second-order valence-electron chi connectivity index (χ2n) is 9.81. The molecule has 1 unspecified atom stereocenters. The molecule has 2 N–H and O–H groups in total. The summed E-state index contributed by atoms with van der Waals surface area (Å²) in [5.74, 6) is -0.881. The van der Waals surface area contributed by atoms with Crippen molar-refractivity contribution in [1.29, 1.82) is 0 Å². The van der Waals surface area contributed by atoms with E-state index in [2.05, 4.69) is 26.1 Å². The number of carbonyl (C=O) groups is 2. The Kier molecular flexibility index (Phi) is 9.25. The Balaban J connectivity index is 1.76. The van der Waals surface area contributed by atoms with Gasteiger partial charge >= 0.3 is 11.9 Å². The van der Waals surface area contributed by atoms with Crippen molar-refractivity contribution in [2.45, 2.75) is 58.6 Å². The Labute approximate surface area is 213 Å². The minimum Gasteiger partial charge on any atom is -0.479 e. The van der Waals surface area contributed by atoms with Crippen LogP contribution in [0.15, 0.2) is 72.8 Å². The lowest BCUT2D eigenvalue weighted by molar-refractivity contribution is -0.150. The van der Waals surface area contributed by atoms with Crippen molar-refractivity contribution in [2.24, 2.45) is 0 Å². The van der Waals surface area contributed by atoms with Gasteiger partial charge in [-0.2, -0.15) is 0 Å². The first-order valence-electron chi connectivity index (χ1n) is 12.2. The van der Waals surface area contributed by atoms with Gasteiger partial charge in [-0.25, -0.2) is 4.79 Å². The van der Waals surface area contributed by atoms with Crippen LogP contribution in [0.1, 0.15) is 49.9 Å². The van der Waals surface area contributed by atoms with Gasteiger partial charge in [0.2, 0.25) is 0 Å². The van der Waals surface area contributed by atoms with E-state index in [0.29, 0.717) is 18.8 Å². The first-order chi connectivity index (χ1) is 17.1. The van der Waals surface area contributed by atoms with Crippen LogP contribution in [0.3, 0.4) is 0 Å². The average Bonchev–Trinajstić information content (AvgIpc) is 2.81. The fourth-order valence-electron chi connectivity index (χ4n) is 3.91. The van der Waals surface area contributed by atoms with E-state index >= 15 is 0 Å². The number of hydrogen-bond acceptors (Lipinski definition) is 5. The molecule has 3 aromatic carbocycles. The fraction of sp³-hybridized carbons (Fsp3) is 0.333. The first kappa shape index (κ1) is 27.0. The first-order valence-corrected chi connectivity index (χ1v) is 12.2. The summed E-state index contributed by atoms with van der Waals surface area (Å²) >= 11 is 0. The summed E-state index contributed by atoms with van der Waals surface area (Å²) in [7, 11) is 0. The minimum atomic E-state index is -0.999. The average molecular weight is 490 g/mol. The molecule has 0 fully saturated rings. The number of esters is 1. The number of benzene rings is 3. The third-order valence-corrected chi connectivity index (χ3v) is 5.47. The zero-order valence-corrected chi connectivity index (χ0v) is 21.4. The second-order valence-corrected chi connectivity index (χ2v) is 9.81. The lowest BCUT2D eigenvalue weighted by atomic mass is 9.99. The maximum absolute atomic E-state index is 12.8. The van der Waals surface area contributed by atoms with Crippen molar-refractivity contribution >= 4 is 17.6 Å². The zero-order chi connectivity index (χ0) is 26.1. The predicted molar refractivity (Wildman–Crippen MR) is 142 cm³/mol. The molecular weight excluding hydrogens is 454 g/mol. The Morgan fingerprint density at radius 3 is 2.19 bits per heavy atom. The van der Waals surface area contributed by atoms with Crippen molar-refractivity contribution in [3.63, 3.8) is 0 Å². The molecule has 0 aliphatic carbocycles. The number of carboxylic acids is 1. The van der Waals surface area contributed by atoms with Crippen LogP contribution in [0.25, 0.3) is 0 Å². The van der Waals surface area contributed by atoms with Crippen molar-refractivity contribution in [2.75, 3.05) is 11.9 Å². The highest BCUT2D eigenvalue weighted by molar-refractivity contribution is 5.76. The van der Waals surface area contributed by atoms with E-state index in [9.17, 15) is 14.7 Å². The molecule has 0 radical (unpaired) electrons. The van der Waals surface area contributed by atoms with E-state index in [4.69, 9.17) is 9.47 Å². The lowest BCUT2D eigenvalue weighted by Gasteiger charge is -2.22. The third kappa shape index (κ3) is 8.54. The largest absolute Gasteiger partial charge is 0.479 e. The third-order valence-electron chi connectivity index (χ3n) is 5.47. The van der Waals surface area contributed by atoms with Crippen molar-refractivity contribution in [3.8, 4) is 5.75 Å². The molecule has 0 bridgehead atoms. The number of carbonyl (C=O) groups excluding carboxylic acids is 1. The molecular formula is C30H35NO5. The van der Waals surface area contributed by atoms with Crippen molar-refractivity contribution in [1.82, 2.24) is 0 Å². The molecule has 0 heterocycles. The van der Waals surface area contributed by atoms with E-state index in [1.54, 1.807) is 19.1 Å². The topological polar surface area (TPSA) is 84.9 Å². The fourth-order valence-corrected chi connectivity index (χ4v) is 3.91. The minimum absolute atomic E-state index is 0.0467. The lowest BCUT2D eigenvalue weighted by Crippen LogP contribution is -2.26. The molecule has 190 valence electrons. The van der Waals surface area contributed by atoms with Gasteiger partial charge in [0.05, 0.1) is 6.42 Å². The van der Waals surface area contributed by atoms with Gasteiger partial charge in [-0.05, 0) is 68.1 Å². The van der Waals surface area contributed by atoms with Gasteiger partial charge in [0.1, 0.15) is 5.75 Å². The summed E-state index contributed by atoms with van der Waals surface area (Å²) < 4.78 is 11.2. The van der Waals surface area contributed by atoms with Gasteiger partial charge in [0, 0.05) is 30.7 Å². The summed E-state index contributed by atoms with van der Waals surface area (Å²) in [6.07, 6.45) is 0.00218. The normalized spacial score (nSPS) is 12.1. The molecule has 0 spiro atoms. The van der Waals surface area contributed by atoms with Crippen molar-refractivity contribution in [3.05, 3.63) is 95.1 Å². The highest BCUT2D eigenvalue weighted by Crippen LogP contribution is 2.25. The molecule has 1 atom stereocenters. The molecule has 6 nitrogen and oxygen atoms in total. The van der Waals surface area contributed by atoms with Crippen LogP contribution in [-0.4, -0.2) is 35.3 Å². The number of anilines is 1. The van der Waals surface area contributed by atoms with E-state index < -0.39 is 12.1 Å². The maximum Gasteiger partial charge on any atom is 0.333 e. The van der Waals surface area contributed by atoms with Gasteiger partial charge < -0.3 is 19.9 Å². The van der Waals surface area contributed by atoms with Crippen LogP contribution in [0.5, 0.6) is 5.75 Å². The van der Waals surface area contributed by atoms with Crippen LogP contribution >= 0.6 is 0 Å². The van der Waals surface area contributed by atoms with Crippen LogP contribution in [0.4, 0.5) is 5.69 Å². The Hall–Kier alpha value is -3.64. The smallest absolute Gasteiger partial charge is 0.333 e. The Morgan fingerprint density at radius 1 is 0.917 bits per heavy atom.